The fourth-order valence-corrected chi connectivity index (χ4v) is 7.60. The third-order valence-electron chi connectivity index (χ3n) is 8.47. The number of methoxy groups -OCH3 is 3. The topological polar surface area (TPSA) is 145 Å². The summed E-state index contributed by atoms with van der Waals surface area (Å²) >= 11 is 5.92. The lowest BCUT2D eigenvalue weighted by atomic mass is 10.1. The lowest BCUT2D eigenvalue weighted by Crippen LogP contribution is -2.43. The molecule has 0 aromatic heterocycles. The first-order valence-corrected chi connectivity index (χ1v) is 18.5. The Morgan fingerprint density at radius 3 is 2.20 bits per heavy atom. The van der Waals surface area contributed by atoms with Crippen molar-refractivity contribution in [1.29, 1.82) is 0 Å². The van der Waals surface area contributed by atoms with E-state index in [9.17, 15) is 13.5 Å². The summed E-state index contributed by atoms with van der Waals surface area (Å²) in [5.74, 6) is 3.28. The number of nitrogens with zero attached hydrogens (tertiary/aromatic N) is 2. The number of unbranched alkanes of at least 4 members (excludes halogenated alkanes) is 1. The summed E-state index contributed by atoms with van der Waals surface area (Å²) in [6.45, 7) is 5.80. The lowest BCUT2D eigenvalue weighted by molar-refractivity contribution is 0.172. The molecule has 0 saturated carbocycles. The monoisotopic (exact) mass is 730 g/mol. The Labute approximate surface area is 301 Å². The fraction of sp³-hybridized carbons (Fsp3) is 0.472. The molecule has 1 atom stereocenters. The van der Waals surface area contributed by atoms with Crippen molar-refractivity contribution < 1.29 is 37.2 Å². The van der Waals surface area contributed by atoms with Crippen molar-refractivity contribution in [2.75, 3.05) is 53.6 Å². The molecule has 3 aromatic rings. The van der Waals surface area contributed by atoms with Crippen molar-refractivity contribution in [1.82, 2.24) is 14.5 Å². The number of nitrogens with two attached hydrogens (primary N) is 1. The zero-order valence-corrected chi connectivity index (χ0v) is 31.1. The third kappa shape index (κ3) is 10.1. The van der Waals surface area contributed by atoms with Crippen LogP contribution in [0, 0.1) is 5.92 Å². The Morgan fingerprint density at radius 2 is 1.58 bits per heavy atom. The maximum atomic E-state index is 13.7. The van der Waals surface area contributed by atoms with Crippen LogP contribution in [0.25, 0.3) is 0 Å². The third-order valence-corrected chi connectivity index (χ3v) is 10.8. The molecule has 50 heavy (non-hydrogen) atoms. The predicted octanol–water partition coefficient (Wildman–Crippen LogP) is 5.17. The Morgan fingerprint density at radius 1 is 0.920 bits per heavy atom. The van der Waals surface area contributed by atoms with Gasteiger partial charge in [0.25, 0.3) is 0 Å². The van der Waals surface area contributed by atoms with Gasteiger partial charge < -0.3 is 44.7 Å². The van der Waals surface area contributed by atoms with E-state index in [-0.39, 0.29) is 18.3 Å². The minimum absolute atomic E-state index is 0.163. The quantitative estimate of drug-likeness (QED) is 0.0851. The van der Waals surface area contributed by atoms with Crippen LogP contribution < -0.4 is 34.7 Å². The molecular formula is C36H50N4O8S2. The average molecular weight is 731 g/mol. The van der Waals surface area contributed by atoms with Gasteiger partial charge in [-0.2, -0.15) is 4.31 Å². The second kappa shape index (κ2) is 18.3. The van der Waals surface area contributed by atoms with Crippen LogP contribution in [0.3, 0.4) is 0 Å². The van der Waals surface area contributed by atoms with Crippen molar-refractivity contribution in [2.24, 2.45) is 5.92 Å². The van der Waals surface area contributed by atoms with E-state index in [0.29, 0.717) is 97.3 Å². The first kappa shape index (κ1) is 38.8. The molecule has 4 rings (SSSR count). The van der Waals surface area contributed by atoms with Crippen LogP contribution in [-0.4, -0.2) is 81.7 Å². The van der Waals surface area contributed by atoms with Crippen molar-refractivity contribution in [3.05, 3.63) is 65.7 Å². The minimum Gasteiger partial charge on any atom is -0.493 e. The van der Waals surface area contributed by atoms with Crippen LogP contribution >= 0.6 is 12.2 Å². The fourth-order valence-electron chi connectivity index (χ4n) is 5.70. The Kier molecular flexibility index (Phi) is 14.2. The number of ether oxygens (including phenoxy) is 5. The van der Waals surface area contributed by atoms with Crippen LogP contribution in [0.4, 0.5) is 5.69 Å². The molecule has 0 aliphatic carbocycles. The van der Waals surface area contributed by atoms with Gasteiger partial charge in [0.2, 0.25) is 22.6 Å². The normalized spacial score (nSPS) is 13.0. The highest BCUT2D eigenvalue weighted by Gasteiger charge is 2.31. The number of fused-ring (bicyclic) bond motifs is 1. The molecule has 0 unspecified atom stereocenters. The second-order valence-corrected chi connectivity index (χ2v) is 14.8. The summed E-state index contributed by atoms with van der Waals surface area (Å²) in [7, 11) is 0.886. The number of aliphatic hydroxyl groups is 1. The summed E-state index contributed by atoms with van der Waals surface area (Å²) in [4.78, 5) is 2.20. The van der Waals surface area contributed by atoms with Gasteiger partial charge in [0, 0.05) is 37.9 Å². The van der Waals surface area contributed by atoms with Gasteiger partial charge in [-0.05, 0) is 97.1 Å². The molecule has 4 N–H and O–H groups in total. The molecule has 0 saturated heterocycles. The smallest absolute Gasteiger partial charge is 0.243 e. The minimum atomic E-state index is -3.84. The molecule has 14 heteroatoms. The van der Waals surface area contributed by atoms with Gasteiger partial charge in [0.15, 0.2) is 28.1 Å². The largest absolute Gasteiger partial charge is 0.493 e. The van der Waals surface area contributed by atoms with Crippen LogP contribution in [0.15, 0.2) is 59.5 Å². The number of aliphatic hydroxyl groups excluding tert-OH is 1. The summed E-state index contributed by atoms with van der Waals surface area (Å²) in [5.41, 5.74) is 8.18. The molecule has 1 aliphatic rings. The predicted molar refractivity (Wildman–Crippen MR) is 197 cm³/mol. The first-order chi connectivity index (χ1) is 24.0. The van der Waals surface area contributed by atoms with Crippen molar-refractivity contribution in [3.63, 3.8) is 0 Å². The van der Waals surface area contributed by atoms with E-state index in [0.717, 1.165) is 11.1 Å². The molecule has 0 spiro atoms. The van der Waals surface area contributed by atoms with Gasteiger partial charge in [-0.1, -0.05) is 26.3 Å². The highest BCUT2D eigenvalue weighted by atomic mass is 32.2. The number of hydrogen-bond donors (Lipinski definition) is 3. The van der Waals surface area contributed by atoms with Gasteiger partial charge in [-0.3, -0.25) is 0 Å². The Bertz CT molecular complexity index is 1650. The summed E-state index contributed by atoms with van der Waals surface area (Å²) in [5, 5.41) is 14.3. The zero-order chi connectivity index (χ0) is 36.3. The maximum Gasteiger partial charge on any atom is 0.243 e. The summed E-state index contributed by atoms with van der Waals surface area (Å²) < 4.78 is 56.6. The van der Waals surface area contributed by atoms with E-state index >= 15 is 0 Å². The molecule has 274 valence electrons. The summed E-state index contributed by atoms with van der Waals surface area (Å²) in [6.07, 6.45) is 2.54. The summed E-state index contributed by atoms with van der Waals surface area (Å²) in [6, 6.07) is 15.2. The van der Waals surface area contributed by atoms with E-state index in [1.54, 1.807) is 33.5 Å². The molecule has 1 heterocycles. The van der Waals surface area contributed by atoms with Gasteiger partial charge in [0.1, 0.15) is 0 Å². The number of rotatable bonds is 19. The van der Waals surface area contributed by atoms with E-state index in [2.05, 4.69) is 5.32 Å². The number of sulfonamides is 1. The lowest BCUT2D eigenvalue weighted by Gasteiger charge is -2.30. The molecule has 0 amide bonds. The standard InChI is InChI=1S/C36H50N4O8S2/c1-25(2)15-17-40(50(42,43)30-12-10-28(37)11-13-30)29(23-41)8-6-7-16-38-36(49)39(21-26-9-14-31-32(18-26)48-24-47-31)22-27-19-33(44-3)35(46-5)34(20-27)45-4/h9-14,18-20,25,29,41H,6-8,15-17,21-24,37H2,1-5H3,(H,38,49)/t29-/m0/s1. The second-order valence-electron chi connectivity index (χ2n) is 12.5. The Hall–Kier alpha value is -3.98. The molecular weight excluding hydrogens is 681 g/mol. The van der Waals surface area contributed by atoms with Gasteiger partial charge in [-0.25, -0.2) is 8.42 Å². The van der Waals surface area contributed by atoms with E-state index in [1.807, 2.05) is 49.1 Å². The van der Waals surface area contributed by atoms with Crippen LogP contribution in [0.5, 0.6) is 28.7 Å². The first-order valence-electron chi connectivity index (χ1n) is 16.7. The van der Waals surface area contributed by atoms with Crippen LogP contribution in [0.2, 0.25) is 0 Å². The average Bonchev–Trinajstić information content (AvgIpc) is 3.58. The molecule has 0 radical (unpaired) electrons. The zero-order valence-electron chi connectivity index (χ0n) is 29.5. The van der Waals surface area contributed by atoms with Gasteiger partial charge in [-0.15, -0.1) is 0 Å². The number of anilines is 1. The van der Waals surface area contributed by atoms with E-state index in [1.165, 1.54) is 16.4 Å². The molecule has 0 bridgehead atoms. The SMILES string of the molecule is COc1cc(CN(Cc2ccc3c(c2)OCO3)C(=S)NCCCC[C@@H](CO)N(CCC(C)C)S(=O)(=O)c2ccc(N)cc2)cc(OC)c1OC. The molecule has 0 fully saturated rings. The highest BCUT2D eigenvalue weighted by Crippen LogP contribution is 2.39. The maximum absolute atomic E-state index is 13.7. The van der Waals surface area contributed by atoms with Gasteiger partial charge >= 0.3 is 0 Å². The molecule has 1 aliphatic heterocycles. The number of benzene rings is 3. The van der Waals surface area contributed by atoms with E-state index < -0.39 is 16.1 Å². The van der Waals surface area contributed by atoms with Crippen LogP contribution in [-0.2, 0) is 23.1 Å². The molecule has 3 aromatic carbocycles. The Balaban J connectivity index is 1.43. The molecule has 12 nitrogen and oxygen atoms in total. The highest BCUT2D eigenvalue weighted by molar-refractivity contribution is 7.89. The van der Waals surface area contributed by atoms with Crippen molar-refractivity contribution in [2.45, 2.75) is 63.6 Å². The van der Waals surface area contributed by atoms with Crippen molar-refractivity contribution >= 4 is 33.0 Å². The number of nitrogens with one attached hydrogen (secondary N) is 1. The van der Waals surface area contributed by atoms with E-state index in [4.69, 9.17) is 41.6 Å². The number of thiocarbonyl (C=S) groups is 1. The van der Waals surface area contributed by atoms with Gasteiger partial charge in [0.05, 0.1) is 32.8 Å². The van der Waals surface area contributed by atoms with Crippen LogP contribution in [0.1, 0.15) is 50.7 Å². The number of nitrogen functional groups attached to an aromatic ring is 1. The number of hydrogen-bond acceptors (Lipinski definition) is 10. The van der Waals surface area contributed by atoms with Crippen molar-refractivity contribution in [3.8, 4) is 28.7 Å².